The molecule has 0 aliphatic carbocycles. The minimum atomic E-state index is -0.425. The van der Waals surface area contributed by atoms with Gasteiger partial charge in [-0.3, -0.25) is 14.9 Å². The van der Waals surface area contributed by atoms with Crippen molar-refractivity contribution < 1.29 is 9.72 Å². The molecule has 7 heteroatoms. The summed E-state index contributed by atoms with van der Waals surface area (Å²) in [5.41, 5.74) is 3.86. The van der Waals surface area contributed by atoms with Gasteiger partial charge in [-0.05, 0) is 29.8 Å². The first-order valence-electron chi connectivity index (χ1n) is 10.3. The van der Waals surface area contributed by atoms with Crippen molar-refractivity contribution in [2.45, 2.75) is 12.6 Å². The van der Waals surface area contributed by atoms with E-state index >= 15 is 0 Å². The van der Waals surface area contributed by atoms with Crippen LogP contribution in [-0.4, -0.2) is 31.8 Å². The number of para-hydroxylation sites is 1. The first kappa shape index (κ1) is 19.7. The highest BCUT2D eigenvalue weighted by molar-refractivity contribution is 6.06. The number of non-ortho nitro benzene ring substituents is 1. The summed E-state index contributed by atoms with van der Waals surface area (Å²) >= 11 is 0. The molecule has 2 heterocycles. The number of nitrogens with zero attached hydrogens (tertiary/aromatic N) is 4. The van der Waals surface area contributed by atoms with Gasteiger partial charge in [0.2, 0.25) is 0 Å². The summed E-state index contributed by atoms with van der Waals surface area (Å²) in [7, 11) is 0. The number of hydrogen-bond donors (Lipinski definition) is 0. The van der Waals surface area contributed by atoms with Crippen LogP contribution in [0, 0.1) is 10.1 Å². The zero-order valence-electron chi connectivity index (χ0n) is 17.2. The van der Waals surface area contributed by atoms with Crippen molar-refractivity contribution >= 4 is 22.6 Å². The highest BCUT2D eigenvalue weighted by Gasteiger charge is 2.31. The number of carbonyl (C=O) groups is 1. The van der Waals surface area contributed by atoms with Gasteiger partial charge in [-0.2, -0.15) is 0 Å². The highest BCUT2D eigenvalue weighted by atomic mass is 16.6. The van der Waals surface area contributed by atoms with Crippen molar-refractivity contribution in [3.8, 4) is 11.4 Å². The van der Waals surface area contributed by atoms with Crippen LogP contribution >= 0.6 is 0 Å². The van der Waals surface area contributed by atoms with Gasteiger partial charge >= 0.3 is 0 Å². The number of nitro benzene ring substituents is 1. The maximum atomic E-state index is 13.5. The molecule has 0 bridgehead atoms. The first-order valence-corrected chi connectivity index (χ1v) is 10.3. The molecule has 7 nitrogen and oxygen atoms in total. The summed E-state index contributed by atoms with van der Waals surface area (Å²) in [6.07, 6.45) is 1.82. The van der Waals surface area contributed by atoms with Crippen molar-refractivity contribution in [3.05, 3.63) is 107 Å². The lowest BCUT2D eigenvalue weighted by atomic mass is 10.1. The Bertz CT molecular complexity index is 1340. The molecule has 0 radical (unpaired) electrons. The number of amides is 1. The Hall–Kier alpha value is -4.26. The van der Waals surface area contributed by atoms with E-state index in [9.17, 15) is 14.9 Å². The highest BCUT2D eigenvalue weighted by Crippen LogP contribution is 2.35. The second kappa shape index (κ2) is 7.77. The lowest BCUT2D eigenvalue weighted by Crippen LogP contribution is -2.33. The van der Waals surface area contributed by atoms with E-state index in [1.165, 1.54) is 12.1 Å². The SMILES string of the molecule is C=C[C@H]1CN(Cc2ccccc2)C(=O)c2cccc3nc(-c4ccc([N+](=O)[O-])cc4)n1c23. The number of nitro groups is 1. The van der Waals surface area contributed by atoms with Gasteiger partial charge in [0.1, 0.15) is 5.82 Å². The van der Waals surface area contributed by atoms with Crippen molar-refractivity contribution in [1.29, 1.82) is 0 Å². The molecule has 0 unspecified atom stereocenters. The zero-order chi connectivity index (χ0) is 22.2. The molecule has 3 aromatic carbocycles. The Kier molecular flexibility index (Phi) is 4.78. The third-order valence-electron chi connectivity index (χ3n) is 5.79. The largest absolute Gasteiger partial charge is 0.332 e. The van der Waals surface area contributed by atoms with E-state index in [4.69, 9.17) is 4.98 Å². The predicted molar refractivity (Wildman–Crippen MR) is 122 cm³/mol. The van der Waals surface area contributed by atoms with E-state index in [0.29, 0.717) is 30.0 Å². The molecule has 0 spiro atoms. The topological polar surface area (TPSA) is 81.3 Å². The maximum Gasteiger partial charge on any atom is 0.269 e. The zero-order valence-corrected chi connectivity index (χ0v) is 17.2. The Morgan fingerprint density at radius 2 is 1.81 bits per heavy atom. The number of imidazole rings is 1. The van der Waals surface area contributed by atoms with Gasteiger partial charge in [0.15, 0.2) is 0 Å². The fraction of sp³-hybridized carbons (Fsp3) is 0.120. The fourth-order valence-corrected chi connectivity index (χ4v) is 4.26. The van der Waals surface area contributed by atoms with E-state index in [1.54, 1.807) is 12.1 Å². The Morgan fingerprint density at radius 1 is 1.06 bits per heavy atom. The molecule has 32 heavy (non-hydrogen) atoms. The molecular formula is C25H20N4O3. The third-order valence-corrected chi connectivity index (χ3v) is 5.79. The third kappa shape index (κ3) is 3.24. The summed E-state index contributed by atoms with van der Waals surface area (Å²) in [5.74, 6) is 0.599. The van der Waals surface area contributed by atoms with E-state index in [1.807, 2.05) is 64.1 Å². The standard InChI is InChI=1S/C25H20N4O3/c1-2-19-16-27(15-17-7-4-3-5-8-17)25(30)21-9-6-10-22-23(21)28(19)24(26-22)18-11-13-20(14-12-18)29(31)32/h2-14,19H,1,15-16H2/t19-/m0/s1. The molecule has 158 valence electrons. The smallest absolute Gasteiger partial charge is 0.269 e. The fourth-order valence-electron chi connectivity index (χ4n) is 4.26. The summed E-state index contributed by atoms with van der Waals surface area (Å²) in [4.78, 5) is 30.8. The predicted octanol–water partition coefficient (Wildman–Crippen LogP) is 4.99. The summed E-state index contributed by atoms with van der Waals surface area (Å²) in [6.45, 7) is 4.96. The van der Waals surface area contributed by atoms with Crippen LogP contribution in [0.5, 0.6) is 0 Å². The number of carbonyl (C=O) groups excluding carboxylic acids is 1. The van der Waals surface area contributed by atoms with Gasteiger partial charge in [-0.15, -0.1) is 6.58 Å². The molecule has 4 aromatic rings. The summed E-state index contributed by atoms with van der Waals surface area (Å²) in [6, 6.07) is 21.5. The van der Waals surface area contributed by atoms with Gasteiger partial charge in [0, 0.05) is 30.8 Å². The minimum absolute atomic E-state index is 0.0194. The number of aromatic nitrogens is 2. The van der Waals surface area contributed by atoms with Crippen LogP contribution < -0.4 is 0 Å². The Balaban J connectivity index is 1.65. The normalized spacial score (nSPS) is 15.6. The van der Waals surface area contributed by atoms with E-state index in [-0.39, 0.29) is 17.6 Å². The van der Waals surface area contributed by atoms with Crippen molar-refractivity contribution in [2.75, 3.05) is 6.54 Å². The molecule has 1 amide bonds. The number of rotatable bonds is 5. The lowest BCUT2D eigenvalue weighted by molar-refractivity contribution is -0.384. The number of hydrogen-bond acceptors (Lipinski definition) is 4. The van der Waals surface area contributed by atoms with Crippen molar-refractivity contribution in [3.63, 3.8) is 0 Å². The van der Waals surface area contributed by atoms with Gasteiger partial charge < -0.3 is 9.47 Å². The average Bonchev–Trinajstić information content (AvgIpc) is 3.16. The monoisotopic (exact) mass is 424 g/mol. The van der Waals surface area contributed by atoms with Gasteiger partial charge in [-0.1, -0.05) is 42.5 Å². The first-order chi connectivity index (χ1) is 15.6. The van der Waals surface area contributed by atoms with Crippen LogP contribution in [-0.2, 0) is 6.54 Å². The summed E-state index contributed by atoms with van der Waals surface area (Å²) < 4.78 is 2.03. The van der Waals surface area contributed by atoms with Crippen LogP contribution in [0.15, 0.2) is 85.5 Å². The molecule has 0 saturated heterocycles. The van der Waals surface area contributed by atoms with E-state index in [0.717, 1.165) is 16.6 Å². The molecule has 1 aliphatic rings. The number of benzene rings is 3. The van der Waals surface area contributed by atoms with Gasteiger partial charge in [-0.25, -0.2) is 4.98 Å². The van der Waals surface area contributed by atoms with Crippen LogP contribution in [0.3, 0.4) is 0 Å². The Labute approximate surface area is 184 Å². The molecule has 0 N–H and O–H groups in total. The van der Waals surface area contributed by atoms with E-state index < -0.39 is 4.92 Å². The second-order valence-corrected chi connectivity index (χ2v) is 7.76. The molecule has 0 saturated carbocycles. The quantitative estimate of drug-likeness (QED) is 0.257. The van der Waals surface area contributed by atoms with Crippen LogP contribution in [0.1, 0.15) is 22.0 Å². The minimum Gasteiger partial charge on any atom is -0.332 e. The van der Waals surface area contributed by atoms with Gasteiger partial charge in [0.05, 0.1) is 27.6 Å². The van der Waals surface area contributed by atoms with Gasteiger partial charge in [0.25, 0.3) is 11.6 Å². The maximum absolute atomic E-state index is 13.5. The molecule has 0 fully saturated rings. The Morgan fingerprint density at radius 3 is 2.50 bits per heavy atom. The molecule has 5 rings (SSSR count). The van der Waals surface area contributed by atoms with Crippen LogP contribution in [0.25, 0.3) is 22.4 Å². The van der Waals surface area contributed by atoms with Crippen molar-refractivity contribution in [2.24, 2.45) is 0 Å². The van der Waals surface area contributed by atoms with Crippen molar-refractivity contribution in [1.82, 2.24) is 14.5 Å². The van der Waals surface area contributed by atoms with Crippen LogP contribution in [0.4, 0.5) is 5.69 Å². The van der Waals surface area contributed by atoms with E-state index in [2.05, 4.69) is 6.58 Å². The summed E-state index contributed by atoms with van der Waals surface area (Å²) in [5, 5.41) is 11.1. The van der Waals surface area contributed by atoms with Crippen LogP contribution in [0.2, 0.25) is 0 Å². The molecule has 1 aliphatic heterocycles. The second-order valence-electron chi connectivity index (χ2n) is 7.76. The average molecular weight is 424 g/mol. The molecule has 1 atom stereocenters. The molecule has 1 aromatic heterocycles. The lowest BCUT2D eigenvalue weighted by Gasteiger charge is -2.25. The molecular weight excluding hydrogens is 404 g/mol.